The molecule has 1 aliphatic heterocycles. The van der Waals surface area contributed by atoms with Crippen molar-refractivity contribution in [3.63, 3.8) is 0 Å². The van der Waals surface area contributed by atoms with E-state index in [2.05, 4.69) is 19.8 Å². The predicted octanol–water partition coefficient (Wildman–Crippen LogP) is 3.53. The lowest BCUT2D eigenvalue weighted by atomic mass is 10.3. The SMILES string of the molecule is FC(F)(F)COCCSc1nnc(CN2CCCC2)n1-c1ccccc1. The lowest BCUT2D eigenvalue weighted by Crippen LogP contribution is -2.21. The average molecular weight is 386 g/mol. The molecule has 1 aromatic heterocycles. The van der Waals surface area contributed by atoms with Gasteiger partial charge in [0.15, 0.2) is 11.0 Å². The smallest absolute Gasteiger partial charge is 0.371 e. The second kappa shape index (κ2) is 8.88. The van der Waals surface area contributed by atoms with Crippen LogP contribution in [0, 0.1) is 0 Å². The maximum absolute atomic E-state index is 12.1. The number of benzene rings is 1. The maximum atomic E-state index is 12.1. The Kier molecular flexibility index (Phi) is 6.55. The van der Waals surface area contributed by atoms with Gasteiger partial charge in [-0.1, -0.05) is 30.0 Å². The topological polar surface area (TPSA) is 43.2 Å². The summed E-state index contributed by atoms with van der Waals surface area (Å²) < 4.78 is 43.0. The van der Waals surface area contributed by atoms with Gasteiger partial charge in [0, 0.05) is 11.4 Å². The van der Waals surface area contributed by atoms with Crippen LogP contribution in [-0.4, -0.2) is 57.9 Å². The maximum Gasteiger partial charge on any atom is 0.411 e. The molecule has 1 fully saturated rings. The Bertz CT molecular complexity index is 687. The van der Waals surface area contributed by atoms with Crippen LogP contribution >= 0.6 is 11.8 Å². The highest BCUT2D eigenvalue weighted by Gasteiger charge is 2.27. The quantitative estimate of drug-likeness (QED) is 0.513. The first-order chi connectivity index (χ1) is 12.5. The zero-order valence-corrected chi connectivity index (χ0v) is 15.1. The van der Waals surface area contributed by atoms with E-state index in [-0.39, 0.29) is 6.61 Å². The number of likely N-dealkylation sites (tertiary alicyclic amines) is 1. The Hall–Kier alpha value is -1.58. The fraction of sp³-hybridized carbons (Fsp3) is 0.529. The largest absolute Gasteiger partial charge is 0.411 e. The summed E-state index contributed by atoms with van der Waals surface area (Å²) in [5.41, 5.74) is 0.949. The minimum Gasteiger partial charge on any atom is -0.371 e. The van der Waals surface area contributed by atoms with E-state index in [1.807, 2.05) is 34.9 Å². The lowest BCUT2D eigenvalue weighted by Gasteiger charge is -2.16. The molecule has 0 spiro atoms. The first-order valence-electron chi connectivity index (χ1n) is 8.52. The number of hydrogen-bond acceptors (Lipinski definition) is 5. The molecule has 9 heteroatoms. The molecule has 0 atom stereocenters. The number of thioether (sulfide) groups is 1. The molecule has 1 aromatic carbocycles. The molecule has 3 rings (SSSR count). The van der Waals surface area contributed by atoms with Crippen molar-refractivity contribution in [2.75, 3.05) is 32.1 Å². The van der Waals surface area contributed by atoms with Crippen molar-refractivity contribution in [2.24, 2.45) is 0 Å². The summed E-state index contributed by atoms with van der Waals surface area (Å²) in [5, 5.41) is 9.24. The van der Waals surface area contributed by atoms with Crippen LogP contribution in [0.3, 0.4) is 0 Å². The van der Waals surface area contributed by atoms with E-state index in [0.717, 1.165) is 24.6 Å². The number of rotatable bonds is 8. The fourth-order valence-corrected chi connectivity index (χ4v) is 3.68. The first kappa shape index (κ1) is 19.2. The van der Waals surface area contributed by atoms with Gasteiger partial charge in [0.1, 0.15) is 6.61 Å². The van der Waals surface area contributed by atoms with Gasteiger partial charge >= 0.3 is 6.18 Å². The number of aromatic nitrogens is 3. The highest BCUT2D eigenvalue weighted by atomic mass is 32.2. The Balaban J connectivity index is 1.67. The number of nitrogens with zero attached hydrogens (tertiary/aromatic N) is 4. The van der Waals surface area contributed by atoms with Crippen molar-refractivity contribution in [2.45, 2.75) is 30.7 Å². The Morgan fingerprint density at radius 3 is 2.50 bits per heavy atom. The van der Waals surface area contributed by atoms with E-state index in [4.69, 9.17) is 0 Å². The standard InChI is InChI=1S/C17H21F3N4OS/c18-17(19,20)13-25-10-11-26-16-22-21-15(12-23-8-4-5-9-23)24(16)14-6-2-1-3-7-14/h1-3,6-7H,4-5,8-13H2. The number of alkyl halides is 3. The second-order valence-corrected chi connectivity index (χ2v) is 7.13. The number of halogens is 3. The van der Waals surface area contributed by atoms with Gasteiger partial charge in [0.2, 0.25) is 0 Å². The molecule has 5 nitrogen and oxygen atoms in total. The molecule has 1 saturated heterocycles. The molecule has 0 unspecified atom stereocenters. The molecule has 0 aliphatic carbocycles. The normalized spacial score (nSPS) is 15.7. The molecule has 2 aromatic rings. The average Bonchev–Trinajstić information content (AvgIpc) is 3.25. The van der Waals surface area contributed by atoms with Crippen LogP contribution < -0.4 is 0 Å². The van der Waals surface area contributed by atoms with Crippen molar-refractivity contribution in [1.82, 2.24) is 19.7 Å². The minimum absolute atomic E-state index is 0.00723. The van der Waals surface area contributed by atoms with Crippen LogP contribution in [0.4, 0.5) is 13.2 Å². The third kappa shape index (κ3) is 5.46. The van der Waals surface area contributed by atoms with E-state index in [9.17, 15) is 13.2 Å². The van der Waals surface area contributed by atoms with Crippen molar-refractivity contribution in [1.29, 1.82) is 0 Å². The van der Waals surface area contributed by atoms with Gasteiger partial charge in [0.25, 0.3) is 0 Å². The van der Waals surface area contributed by atoms with Crippen LogP contribution in [0.25, 0.3) is 5.69 Å². The zero-order chi connectivity index (χ0) is 18.4. The van der Waals surface area contributed by atoms with Crippen LogP contribution in [0.5, 0.6) is 0 Å². The highest BCUT2D eigenvalue weighted by Crippen LogP contribution is 2.24. The lowest BCUT2D eigenvalue weighted by molar-refractivity contribution is -0.172. The van der Waals surface area contributed by atoms with Gasteiger partial charge in [-0.25, -0.2) is 0 Å². The molecule has 142 valence electrons. The van der Waals surface area contributed by atoms with E-state index in [0.29, 0.717) is 17.5 Å². The molecule has 0 saturated carbocycles. The number of para-hydroxylation sites is 1. The third-order valence-electron chi connectivity index (χ3n) is 4.00. The van der Waals surface area contributed by atoms with Crippen LogP contribution in [0.2, 0.25) is 0 Å². The summed E-state index contributed by atoms with van der Waals surface area (Å²) in [6, 6.07) is 9.76. The third-order valence-corrected chi connectivity index (χ3v) is 4.90. The second-order valence-electron chi connectivity index (χ2n) is 6.07. The van der Waals surface area contributed by atoms with Gasteiger partial charge in [-0.15, -0.1) is 10.2 Å². The molecule has 0 N–H and O–H groups in total. The van der Waals surface area contributed by atoms with Crippen molar-refractivity contribution >= 4 is 11.8 Å². The molecule has 1 aliphatic rings. The van der Waals surface area contributed by atoms with Gasteiger partial charge in [0.05, 0.1) is 13.2 Å². The van der Waals surface area contributed by atoms with Crippen molar-refractivity contribution < 1.29 is 17.9 Å². The number of ether oxygens (including phenoxy) is 1. The summed E-state index contributed by atoms with van der Waals surface area (Å²) >= 11 is 1.35. The summed E-state index contributed by atoms with van der Waals surface area (Å²) in [6.45, 7) is 1.60. The molecule has 2 heterocycles. The van der Waals surface area contributed by atoms with Gasteiger partial charge in [-0.05, 0) is 38.1 Å². The monoisotopic (exact) mass is 386 g/mol. The first-order valence-corrected chi connectivity index (χ1v) is 9.51. The Morgan fingerprint density at radius 1 is 1.08 bits per heavy atom. The van der Waals surface area contributed by atoms with E-state index < -0.39 is 12.8 Å². The molecule has 26 heavy (non-hydrogen) atoms. The predicted molar refractivity (Wildman–Crippen MR) is 93.5 cm³/mol. The van der Waals surface area contributed by atoms with E-state index in [1.165, 1.54) is 24.6 Å². The van der Waals surface area contributed by atoms with E-state index >= 15 is 0 Å². The zero-order valence-electron chi connectivity index (χ0n) is 14.3. The molecular weight excluding hydrogens is 365 g/mol. The molecular formula is C17H21F3N4OS. The summed E-state index contributed by atoms with van der Waals surface area (Å²) in [7, 11) is 0. The Morgan fingerprint density at radius 2 is 1.81 bits per heavy atom. The van der Waals surface area contributed by atoms with Gasteiger partial charge < -0.3 is 4.74 Å². The van der Waals surface area contributed by atoms with Gasteiger partial charge in [-0.2, -0.15) is 13.2 Å². The van der Waals surface area contributed by atoms with Crippen LogP contribution in [0.1, 0.15) is 18.7 Å². The molecule has 0 bridgehead atoms. The van der Waals surface area contributed by atoms with Crippen LogP contribution in [-0.2, 0) is 11.3 Å². The summed E-state index contributed by atoms with van der Waals surface area (Å²) in [6.07, 6.45) is -1.91. The minimum atomic E-state index is -4.29. The van der Waals surface area contributed by atoms with Crippen molar-refractivity contribution in [3.05, 3.63) is 36.2 Å². The number of hydrogen-bond donors (Lipinski definition) is 0. The summed E-state index contributed by atoms with van der Waals surface area (Å²) in [5.74, 6) is 1.22. The fourth-order valence-electron chi connectivity index (χ4n) is 2.85. The Labute approximate surface area is 154 Å². The van der Waals surface area contributed by atoms with Crippen LogP contribution in [0.15, 0.2) is 35.5 Å². The van der Waals surface area contributed by atoms with Gasteiger partial charge in [-0.3, -0.25) is 9.47 Å². The molecule has 0 amide bonds. The highest BCUT2D eigenvalue weighted by molar-refractivity contribution is 7.99. The molecule has 0 radical (unpaired) electrons. The van der Waals surface area contributed by atoms with E-state index in [1.54, 1.807) is 0 Å². The summed E-state index contributed by atoms with van der Waals surface area (Å²) in [4.78, 5) is 2.34. The van der Waals surface area contributed by atoms with Crippen molar-refractivity contribution in [3.8, 4) is 5.69 Å².